The van der Waals surface area contributed by atoms with Crippen LogP contribution in [0.5, 0.6) is 0 Å². The molecule has 0 saturated carbocycles. The summed E-state index contributed by atoms with van der Waals surface area (Å²) in [6.07, 6.45) is 1.14. The Kier molecular flexibility index (Phi) is 5.58. The third kappa shape index (κ3) is 5.10. The lowest BCUT2D eigenvalue weighted by molar-refractivity contribution is 0.328. The molecule has 3 heteroatoms. The van der Waals surface area contributed by atoms with Gasteiger partial charge in [0.1, 0.15) is 0 Å². The van der Waals surface area contributed by atoms with Crippen LogP contribution in [-0.2, 0) is 0 Å². The lowest BCUT2D eigenvalue weighted by atomic mass is 10.0. The van der Waals surface area contributed by atoms with Crippen LogP contribution < -0.4 is 5.73 Å². The summed E-state index contributed by atoms with van der Waals surface area (Å²) in [4.78, 5) is 6.38. The predicted molar refractivity (Wildman–Crippen MR) is 63.4 cm³/mol. The molecule has 0 fully saturated rings. The van der Waals surface area contributed by atoms with E-state index in [9.17, 15) is 0 Å². The number of guanidine groups is 1. The molecule has 0 amide bonds. The highest BCUT2D eigenvalue weighted by Crippen LogP contribution is 2.09. The zero-order valence-electron chi connectivity index (χ0n) is 10.4. The van der Waals surface area contributed by atoms with Gasteiger partial charge in [-0.2, -0.15) is 0 Å². The Balaban J connectivity index is 4.23. The van der Waals surface area contributed by atoms with E-state index in [2.05, 4.69) is 30.7 Å². The second-order valence-corrected chi connectivity index (χ2v) is 4.67. The van der Waals surface area contributed by atoms with Gasteiger partial charge in [0.05, 0.1) is 0 Å². The third-order valence-electron chi connectivity index (χ3n) is 2.23. The summed E-state index contributed by atoms with van der Waals surface area (Å²) in [5, 5.41) is 0. The van der Waals surface area contributed by atoms with E-state index in [4.69, 9.17) is 5.73 Å². The Morgan fingerprint density at radius 2 is 1.71 bits per heavy atom. The number of rotatable bonds is 4. The lowest BCUT2D eigenvalue weighted by Gasteiger charge is -2.27. The number of nitrogens with two attached hydrogens (primary N) is 1. The molecule has 84 valence electrons. The van der Waals surface area contributed by atoms with E-state index in [1.165, 1.54) is 0 Å². The fraction of sp³-hybridized carbons (Fsp3) is 0.909. The molecular formula is C11H25N3. The zero-order chi connectivity index (χ0) is 11.3. The van der Waals surface area contributed by atoms with Gasteiger partial charge in [-0.1, -0.05) is 13.8 Å². The molecule has 2 N–H and O–H groups in total. The van der Waals surface area contributed by atoms with E-state index in [1.54, 1.807) is 0 Å². The Hall–Kier alpha value is -0.730. The molecule has 0 aliphatic heterocycles. The lowest BCUT2D eigenvalue weighted by Crippen LogP contribution is -2.41. The summed E-state index contributed by atoms with van der Waals surface area (Å²) in [5.74, 6) is 1.34. The number of hydrogen-bond acceptors (Lipinski definition) is 1. The third-order valence-corrected chi connectivity index (χ3v) is 2.23. The first-order valence-electron chi connectivity index (χ1n) is 5.40. The number of nitrogens with zero attached hydrogens (tertiary/aromatic N) is 2. The highest BCUT2D eigenvalue weighted by molar-refractivity contribution is 5.78. The van der Waals surface area contributed by atoms with Gasteiger partial charge in [0.15, 0.2) is 5.96 Å². The van der Waals surface area contributed by atoms with Gasteiger partial charge in [-0.05, 0) is 33.1 Å². The van der Waals surface area contributed by atoms with Crippen LogP contribution in [0.4, 0.5) is 0 Å². The van der Waals surface area contributed by atoms with Crippen LogP contribution in [0.2, 0.25) is 0 Å². The number of hydrogen-bond donors (Lipinski definition) is 1. The van der Waals surface area contributed by atoms with Crippen LogP contribution in [0.1, 0.15) is 41.0 Å². The van der Waals surface area contributed by atoms with Gasteiger partial charge < -0.3 is 10.6 Å². The van der Waals surface area contributed by atoms with Crippen LogP contribution in [0.15, 0.2) is 4.99 Å². The summed E-state index contributed by atoms with van der Waals surface area (Å²) >= 11 is 0. The van der Waals surface area contributed by atoms with Crippen molar-refractivity contribution < 1.29 is 0 Å². The van der Waals surface area contributed by atoms with E-state index in [1.807, 2.05) is 20.9 Å². The van der Waals surface area contributed by atoms with Crippen LogP contribution in [0.25, 0.3) is 0 Å². The molecule has 0 spiro atoms. The smallest absolute Gasteiger partial charge is 0.191 e. The Morgan fingerprint density at radius 1 is 1.21 bits per heavy atom. The highest BCUT2D eigenvalue weighted by Gasteiger charge is 2.12. The number of aliphatic imine (C=N–C) groups is 1. The van der Waals surface area contributed by atoms with Crippen molar-refractivity contribution >= 4 is 5.96 Å². The molecule has 0 aromatic carbocycles. The first-order valence-corrected chi connectivity index (χ1v) is 5.40. The van der Waals surface area contributed by atoms with Gasteiger partial charge in [-0.25, -0.2) is 0 Å². The molecule has 0 aliphatic carbocycles. The topological polar surface area (TPSA) is 41.6 Å². The van der Waals surface area contributed by atoms with Crippen molar-refractivity contribution in [3.8, 4) is 0 Å². The van der Waals surface area contributed by atoms with Gasteiger partial charge in [0.2, 0.25) is 0 Å². The van der Waals surface area contributed by atoms with Crippen molar-refractivity contribution in [2.45, 2.75) is 53.1 Å². The summed E-state index contributed by atoms with van der Waals surface area (Å²) in [6, 6.07) is 0.723. The molecule has 1 atom stereocenters. The van der Waals surface area contributed by atoms with E-state index in [-0.39, 0.29) is 6.04 Å². The van der Waals surface area contributed by atoms with Gasteiger partial charge in [-0.3, -0.25) is 4.99 Å². The Labute approximate surface area is 88.4 Å². The summed E-state index contributed by atoms with van der Waals surface area (Å²) in [5.41, 5.74) is 5.87. The normalized spacial score (nSPS) is 15.0. The fourth-order valence-corrected chi connectivity index (χ4v) is 1.42. The minimum atomic E-state index is 0.267. The predicted octanol–water partition coefficient (Wildman–Crippen LogP) is 2.08. The first kappa shape index (κ1) is 13.3. The van der Waals surface area contributed by atoms with E-state index in [0.29, 0.717) is 17.9 Å². The summed E-state index contributed by atoms with van der Waals surface area (Å²) < 4.78 is 0. The largest absolute Gasteiger partial charge is 0.370 e. The standard InChI is InChI=1S/C11H25N3/c1-8(2)7-10(5)14(6)11(12)13-9(3)4/h8-10H,7H2,1-6H3,(H2,12,13). The van der Waals surface area contributed by atoms with Crippen molar-refractivity contribution in [3.63, 3.8) is 0 Å². The molecule has 0 aromatic heterocycles. The molecule has 1 unspecified atom stereocenters. The molecule has 0 rings (SSSR count). The molecule has 0 radical (unpaired) electrons. The van der Waals surface area contributed by atoms with Crippen molar-refractivity contribution in [1.29, 1.82) is 0 Å². The van der Waals surface area contributed by atoms with E-state index >= 15 is 0 Å². The van der Waals surface area contributed by atoms with Gasteiger partial charge >= 0.3 is 0 Å². The van der Waals surface area contributed by atoms with Crippen LogP contribution >= 0.6 is 0 Å². The minimum absolute atomic E-state index is 0.267. The van der Waals surface area contributed by atoms with Gasteiger partial charge in [0.25, 0.3) is 0 Å². The second-order valence-electron chi connectivity index (χ2n) is 4.67. The highest BCUT2D eigenvalue weighted by atomic mass is 15.3. The maximum Gasteiger partial charge on any atom is 0.191 e. The molecule has 0 aliphatic rings. The molecule has 0 bridgehead atoms. The van der Waals surface area contributed by atoms with Crippen LogP contribution in [0.3, 0.4) is 0 Å². The van der Waals surface area contributed by atoms with Crippen LogP contribution in [0, 0.1) is 5.92 Å². The van der Waals surface area contributed by atoms with Crippen molar-refractivity contribution in [3.05, 3.63) is 0 Å². The second kappa shape index (κ2) is 5.89. The Morgan fingerprint density at radius 3 is 2.07 bits per heavy atom. The molecule has 0 aromatic rings. The molecule has 14 heavy (non-hydrogen) atoms. The fourth-order valence-electron chi connectivity index (χ4n) is 1.42. The monoisotopic (exact) mass is 199 g/mol. The average molecular weight is 199 g/mol. The Bertz CT molecular complexity index is 185. The van der Waals surface area contributed by atoms with Crippen molar-refractivity contribution in [1.82, 2.24) is 4.90 Å². The zero-order valence-corrected chi connectivity index (χ0v) is 10.4. The van der Waals surface area contributed by atoms with Gasteiger partial charge in [-0.15, -0.1) is 0 Å². The summed E-state index contributed by atoms with van der Waals surface area (Å²) in [7, 11) is 2.01. The van der Waals surface area contributed by atoms with Crippen molar-refractivity contribution in [2.24, 2.45) is 16.6 Å². The molecule has 0 saturated heterocycles. The molecule has 0 heterocycles. The molecule has 3 nitrogen and oxygen atoms in total. The summed E-state index contributed by atoms with van der Waals surface area (Å²) in [6.45, 7) is 10.7. The SMILES string of the molecule is CC(C)CC(C)N(C)C(N)=NC(C)C. The minimum Gasteiger partial charge on any atom is -0.370 e. The van der Waals surface area contributed by atoms with Gasteiger partial charge in [0, 0.05) is 19.1 Å². The molecular weight excluding hydrogens is 174 g/mol. The van der Waals surface area contributed by atoms with E-state index in [0.717, 1.165) is 6.42 Å². The quantitative estimate of drug-likeness (QED) is 0.556. The van der Waals surface area contributed by atoms with Crippen LogP contribution in [-0.4, -0.2) is 30.0 Å². The average Bonchev–Trinajstić information content (AvgIpc) is 2.00. The maximum absolute atomic E-state index is 5.87. The maximum atomic E-state index is 5.87. The van der Waals surface area contributed by atoms with Crippen molar-refractivity contribution in [2.75, 3.05) is 7.05 Å². The van der Waals surface area contributed by atoms with E-state index < -0.39 is 0 Å². The first-order chi connectivity index (χ1) is 6.34.